The lowest BCUT2D eigenvalue weighted by atomic mass is 10.1. The molecule has 1 aromatic heterocycles. The molecule has 4 heteroatoms. The molecule has 0 bridgehead atoms. The second-order valence-electron chi connectivity index (χ2n) is 6.40. The highest BCUT2D eigenvalue weighted by Gasteiger charge is 2.17. The van der Waals surface area contributed by atoms with Crippen LogP contribution in [0.5, 0.6) is 5.75 Å². The number of benzene rings is 1. The van der Waals surface area contributed by atoms with Crippen molar-refractivity contribution in [2.75, 3.05) is 6.61 Å². The van der Waals surface area contributed by atoms with E-state index in [1.807, 2.05) is 45.9 Å². The molecule has 0 spiro atoms. The number of unbranched alkanes of at least 4 members (excludes halogenated alkanes) is 2. The Morgan fingerprint density at radius 2 is 1.92 bits per heavy atom. The van der Waals surface area contributed by atoms with Crippen molar-refractivity contribution in [2.24, 2.45) is 0 Å². The fraction of sp³-hybridized carbons (Fsp3) is 0.500. The van der Waals surface area contributed by atoms with Gasteiger partial charge in [-0.25, -0.2) is 4.68 Å². The molecule has 0 aliphatic heterocycles. The number of hydrogen-bond donors (Lipinski definition) is 0. The maximum atomic E-state index is 12.5. The second kappa shape index (κ2) is 8.13. The number of aromatic nitrogens is 2. The molecule has 1 heterocycles. The normalized spacial score (nSPS) is 10.9. The van der Waals surface area contributed by atoms with Crippen LogP contribution >= 0.6 is 0 Å². The van der Waals surface area contributed by atoms with Gasteiger partial charge in [0, 0.05) is 5.69 Å². The van der Waals surface area contributed by atoms with Crippen LogP contribution in [0.25, 0.3) is 0 Å². The Hall–Kier alpha value is -2.10. The van der Waals surface area contributed by atoms with Gasteiger partial charge in [-0.1, -0.05) is 31.9 Å². The van der Waals surface area contributed by atoms with Crippen molar-refractivity contribution in [3.63, 3.8) is 0 Å². The number of rotatable bonds is 7. The van der Waals surface area contributed by atoms with Crippen LogP contribution in [0, 0.1) is 27.7 Å². The van der Waals surface area contributed by atoms with Gasteiger partial charge in [-0.3, -0.25) is 4.79 Å². The van der Waals surface area contributed by atoms with Crippen LogP contribution in [0.3, 0.4) is 0 Å². The fourth-order valence-corrected chi connectivity index (χ4v) is 2.91. The molecule has 0 aliphatic rings. The van der Waals surface area contributed by atoms with Crippen LogP contribution in [0.15, 0.2) is 18.2 Å². The smallest absolute Gasteiger partial charge is 0.284 e. The quantitative estimate of drug-likeness (QED) is 0.699. The van der Waals surface area contributed by atoms with Crippen LogP contribution in [0.2, 0.25) is 0 Å². The number of hydrogen-bond acceptors (Lipinski definition) is 3. The molecule has 1 aromatic carbocycles. The van der Waals surface area contributed by atoms with Gasteiger partial charge in [0.15, 0.2) is 6.61 Å². The molecule has 0 fully saturated rings. The van der Waals surface area contributed by atoms with Gasteiger partial charge < -0.3 is 4.74 Å². The van der Waals surface area contributed by atoms with Gasteiger partial charge >= 0.3 is 0 Å². The third kappa shape index (κ3) is 4.05. The van der Waals surface area contributed by atoms with E-state index in [0.29, 0.717) is 0 Å². The summed E-state index contributed by atoms with van der Waals surface area (Å²) in [7, 11) is 0. The molecule has 0 unspecified atom stereocenters. The van der Waals surface area contributed by atoms with E-state index in [4.69, 9.17) is 4.74 Å². The Morgan fingerprint density at radius 3 is 2.62 bits per heavy atom. The first-order valence-corrected chi connectivity index (χ1v) is 8.73. The minimum absolute atomic E-state index is 0.000648. The summed E-state index contributed by atoms with van der Waals surface area (Å²) in [5.41, 5.74) is 5.31. The first kappa shape index (κ1) is 18.2. The molecule has 130 valence electrons. The van der Waals surface area contributed by atoms with Crippen molar-refractivity contribution < 1.29 is 9.53 Å². The lowest BCUT2D eigenvalue weighted by Gasteiger charge is -2.10. The highest BCUT2D eigenvalue weighted by Crippen LogP contribution is 2.21. The van der Waals surface area contributed by atoms with Gasteiger partial charge in [-0.15, -0.1) is 0 Å². The second-order valence-corrected chi connectivity index (χ2v) is 6.40. The van der Waals surface area contributed by atoms with Crippen LogP contribution in [0.4, 0.5) is 0 Å². The zero-order valence-corrected chi connectivity index (χ0v) is 15.5. The van der Waals surface area contributed by atoms with Crippen LogP contribution < -0.4 is 4.74 Å². The lowest BCUT2D eigenvalue weighted by molar-refractivity contribution is 0.0817. The molecule has 2 aromatic rings. The van der Waals surface area contributed by atoms with E-state index in [9.17, 15) is 4.79 Å². The Kier molecular flexibility index (Phi) is 6.18. The summed E-state index contributed by atoms with van der Waals surface area (Å²) in [6.45, 7) is 10.2. The Bertz CT molecular complexity index is 717. The third-order valence-electron chi connectivity index (χ3n) is 4.61. The van der Waals surface area contributed by atoms with Gasteiger partial charge in [-0.05, 0) is 63.3 Å². The first-order valence-electron chi connectivity index (χ1n) is 8.73. The van der Waals surface area contributed by atoms with Gasteiger partial charge in [0.2, 0.25) is 0 Å². The van der Waals surface area contributed by atoms with Crippen molar-refractivity contribution in [2.45, 2.75) is 60.3 Å². The van der Waals surface area contributed by atoms with Crippen molar-refractivity contribution in [3.05, 3.63) is 46.3 Å². The van der Waals surface area contributed by atoms with Gasteiger partial charge in [0.05, 0.1) is 5.69 Å². The highest BCUT2D eigenvalue weighted by atomic mass is 16.5. The average Bonchev–Trinajstić information content (AvgIpc) is 2.84. The van der Waals surface area contributed by atoms with Crippen molar-refractivity contribution in [1.29, 1.82) is 0 Å². The molecule has 0 atom stereocenters. The van der Waals surface area contributed by atoms with E-state index in [1.54, 1.807) is 0 Å². The Labute approximate surface area is 144 Å². The van der Waals surface area contributed by atoms with Crippen LogP contribution in [0.1, 0.15) is 59.1 Å². The van der Waals surface area contributed by atoms with E-state index >= 15 is 0 Å². The standard InChI is InChI=1S/C20H28N2O2/c1-6-7-8-11-18-16(4)21-22(17(18)5)20(23)13-24-19-12-9-10-14(2)15(19)3/h9-10,12H,6-8,11,13H2,1-5H3. The molecule has 0 saturated carbocycles. The predicted octanol–water partition coefficient (Wildman–Crippen LogP) is 4.57. The highest BCUT2D eigenvalue weighted by molar-refractivity contribution is 5.80. The van der Waals surface area contributed by atoms with E-state index in [1.165, 1.54) is 23.1 Å². The number of nitrogens with zero attached hydrogens (tertiary/aromatic N) is 2. The summed E-state index contributed by atoms with van der Waals surface area (Å²) >= 11 is 0. The van der Waals surface area contributed by atoms with E-state index in [2.05, 4.69) is 12.0 Å². The zero-order chi connectivity index (χ0) is 17.7. The van der Waals surface area contributed by atoms with E-state index < -0.39 is 0 Å². The molecule has 0 saturated heterocycles. The summed E-state index contributed by atoms with van der Waals surface area (Å²) in [6.07, 6.45) is 4.51. The van der Waals surface area contributed by atoms with Gasteiger partial charge in [0.25, 0.3) is 5.91 Å². The molecule has 4 nitrogen and oxygen atoms in total. The minimum Gasteiger partial charge on any atom is -0.483 e. The third-order valence-corrected chi connectivity index (χ3v) is 4.61. The number of aryl methyl sites for hydroxylation is 2. The molecule has 24 heavy (non-hydrogen) atoms. The predicted molar refractivity (Wildman–Crippen MR) is 97.0 cm³/mol. The maximum absolute atomic E-state index is 12.5. The molecule has 0 N–H and O–H groups in total. The van der Waals surface area contributed by atoms with Crippen LogP contribution in [-0.4, -0.2) is 22.3 Å². The summed E-state index contributed by atoms with van der Waals surface area (Å²) in [5, 5.41) is 4.43. The molecule has 0 aliphatic carbocycles. The largest absolute Gasteiger partial charge is 0.483 e. The molecule has 0 radical (unpaired) electrons. The first-order chi connectivity index (χ1) is 11.5. The lowest BCUT2D eigenvalue weighted by Crippen LogP contribution is -2.22. The summed E-state index contributed by atoms with van der Waals surface area (Å²) in [5.74, 6) is 0.631. The minimum atomic E-state index is -0.127. The number of ether oxygens (including phenoxy) is 1. The van der Waals surface area contributed by atoms with Crippen molar-refractivity contribution in [1.82, 2.24) is 9.78 Å². The summed E-state index contributed by atoms with van der Waals surface area (Å²) in [4.78, 5) is 12.5. The fourth-order valence-electron chi connectivity index (χ4n) is 2.91. The maximum Gasteiger partial charge on any atom is 0.284 e. The van der Waals surface area contributed by atoms with Crippen LogP contribution in [-0.2, 0) is 6.42 Å². The molecule has 2 rings (SSSR count). The molecular weight excluding hydrogens is 300 g/mol. The summed E-state index contributed by atoms with van der Waals surface area (Å²) in [6, 6.07) is 5.87. The van der Waals surface area contributed by atoms with Gasteiger partial charge in [-0.2, -0.15) is 5.10 Å². The van der Waals surface area contributed by atoms with E-state index in [0.717, 1.165) is 41.1 Å². The SMILES string of the molecule is CCCCCc1c(C)nn(C(=O)COc2cccc(C)c2C)c1C. The molecular formula is C20H28N2O2. The van der Waals surface area contributed by atoms with E-state index in [-0.39, 0.29) is 12.5 Å². The van der Waals surface area contributed by atoms with Crippen molar-refractivity contribution in [3.8, 4) is 5.75 Å². The average molecular weight is 328 g/mol. The Morgan fingerprint density at radius 1 is 1.17 bits per heavy atom. The molecule has 0 amide bonds. The zero-order valence-electron chi connectivity index (χ0n) is 15.5. The number of carbonyl (C=O) groups excluding carboxylic acids is 1. The van der Waals surface area contributed by atoms with Gasteiger partial charge in [0.1, 0.15) is 5.75 Å². The topological polar surface area (TPSA) is 44.1 Å². The number of carbonyl (C=O) groups is 1. The van der Waals surface area contributed by atoms with Crippen molar-refractivity contribution >= 4 is 5.91 Å². The Balaban J connectivity index is 2.07. The summed E-state index contributed by atoms with van der Waals surface area (Å²) < 4.78 is 7.23. The monoisotopic (exact) mass is 328 g/mol.